The van der Waals surface area contributed by atoms with Gasteiger partial charge in [0.05, 0.1) is 20.4 Å². The minimum Gasteiger partial charge on any atom is -0.418 e. The fourth-order valence-corrected chi connectivity index (χ4v) is 3.57. The van der Waals surface area contributed by atoms with Crippen molar-refractivity contribution in [3.05, 3.63) is 121 Å². The lowest BCUT2D eigenvalue weighted by Gasteiger charge is -1.94. The van der Waals surface area contributed by atoms with Crippen LogP contribution in [0.4, 0.5) is 46.4 Å². The van der Waals surface area contributed by atoms with Crippen molar-refractivity contribution in [2.24, 2.45) is 10.2 Å². The highest BCUT2D eigenvalue weighted by atomic mass is 19.5. The molecule has 0 fully saturated rings. The predicted octanol–water partition coefficient (Wildman–Crippen LogP) is 6.42. The molecular formula is C26H20B2F8N10. The summed E-state index contributed by atoms with van der Waals surface area (Å²) in [5, 5.41) is 27.3. The molecule has 0 radical (unpaired) electrons. The van der Waals surface area contributed by atoms with Crippen LogP contribution < -0.4 is 9.36 Å². The molecule has 0 N–H and O–H groups in total. The molecule has 0 unspecified atom stereocenters. The van der Waals surface area contributed by atoms with Crippen LogP contribution in [0, 0.1) is 0 Å². The predicted molar refractivity (Wildman–Crippen MR) is 150 cm³/mol. The lowest BCUT2D eigenvalue weighted by Crippen LogP contribution is -2.34. The van der Waals surface area contributed by atoms with E-state index in [-0.39, 0.29) is 0 Å². The molecule has 46 heavy (non-hydrogen) atoms. The highest BCUT2D eigenvalue weighted by Crippen LogP contribution is 2.14. The second-order valence-electron chi connectivity index (χ2n) is 8.71. The summed E-state index contributed by atoms with van der Waals surface area (Å²) in [6.07, 6.45) is 0. The molecule has 10 nitrogen and oxygen atoms in total. The number of tetrazole rings is 2. The van der Waals surface area contributed by atoms with E-state index in [1.165, 1.54) is 9.59 Å². The Balaban J connectivity index is 0.000000421. The minimum atomic E-state index is -6.00. The van der Waals surface area contributed by atoms with E-state index < -0.39 is 14.5 Å². The van der Waals surface area contributed by atoms with Crippen molar-refractivity contribution in [3.8, 4) is 22.7 Å². The molecule has 20 heteroatoms. The average Bonchev–Trinajstić information content (AvgIpc) is 3.65. The molecule has 6 aromatic rings. The Kier molecular flexibility index (Phi) is 10.6. The normalized spacial score (nSPS) is 11.4. The lowest BCUT2D eigenvalue weighted by molar-refractivity contribution is -0.651. The van der Waals surface area contributed by atoms with Crippen molar-refractivity contribution in [3.63, 3.8) is 0 Å². The quantitative estimate of drug-likeness (QED) is 0.0903. The van der Waals surface area contributed by atoms with Crippen molar-refractivity contribution in [1.82, 2.24) is 30.2 Å². The summed E-state index contributed by atoms with van der Waals surface area (Å²) in [6, 6.07) is 38.6. The Hall–Kier alpha value is -5.81. The smallest absolute Gasteiger partial charge is 0.418 e. The Morgan fingerprint density at radius 1 is 0.435 bits per heavy atom. The fraction of sp³-hybridized carbons (Fsp3) is 0. The van der Waals surface area contributed by atoms with Crippen LogP contribution in [0.5, 0.6) is 0 Å². The van der Waals surface area contributed by atoms with Gasteiger partial charge in [-0.1, -0.05) is 82.2 Å². The van der Waals surface area contributed by atoms with Gasteiger partial charge in [-0.3, -0.25) is 0 Å². The first-order valence-corrected chi connectivity index (χ1v) is 13.0. The summed E-state index contributed by atoms with van der Waals surface area (Å²) in [6.45, 7) is 0. The summed E-state index contributed by atoms with van der Waals surface area (Å²) in [4.78, 5) is 3.04. The molecule has 0 spiro atoms. The second kappa shape index (κ2) is 14.8. The van der Waals surface area contributed by atoms with Crippen LogP contribution >= 0.6 is 0 Å². The van der Waals surface area contributed by atoms with Gasteiger partial charge < -0.3 is 34.5 Å². The van der Waals surface area contributed by atoms with Gasteiger partial charge in [0.1, 0.15) is 22.7 Å². The first-order valence-electron chi connectivity index (χ1n) is 13.0. The monoisotopic (exact) mass is 648 g/mol. The van der Waals surface area contributed by atoms with E-state index in [2.05, 4.69) is 30.9 Å². The third kappa shape index (κ3) is 10.4. The van der Waals surface area contributed by atoms with Gasteiger partial charge in [0.25, 0.3) is 0 Å². The number of halogens is 8. The second-order valence-corrected chi connectivity index (χ2v) is 8.71. The van der Waals surface area contributed by atoms with E-state index in [1.807, 2.05) is 121 Å². The highest BCUT2D eigenvalue weighted by Gasteiger charge is 2.27. The molecule has 0 saturated heterocycles. The van der Waals surface area contributed by atoms with E-state index in [1.54, 1.807) is 9.36 Å². The number of nitrogens with zero attached hydrogens (tertiary/aromatic N) is 10. The number of hydrogen-bond donors (Lipinski definition) is 0. The zero-order valence-corrected chi connectivity index (χ0v) is 23.2. The number of hydrogen-bond acceptors (Lipinski definition) is 6. The third-order valence-corrected chi connectivity index (χ3v) is 5.30. The van der Waals surface area contributed by atoms with Gasteiger partial charge in [0.15, 0.2) is 0 Å². The summed E-state index contributed by atoms with van der Waals surface area (Å²) < 4.78 is 81.3. The van der Waals surface area contributed by atoms with Crippen LogP contribution in [0.15, 0.2) is 132 Å². The molecule has 0 saturated carbocycles. The van der Waals surface area contributed by atoms with E-state index in [9.17, 15) is 34.5 Å². The van der Waals surface area contributed by atoms with Crippen molar-refractivity contribution in [1.29, 1.82) is 0 Å². The zero-order chi connectivity index (χ0) is 33.2. The number of azo groups is 1. The highest BCUT2D eigenvalue weighted by molar-refractivity contribution is 6.50. The average molecular weight is 648 g/mol. The molecule has 236 valence electrons. The van der Waals surface area contributed by atoms with Gasteiger partial charge in [-0.2, -0.15) is 0 Å². The van der Waals surface area contributed by atoms with Crippen LogP contribution in [-0.2, 0) is 0 Å². The molecule has 0 aliphatic rings. The molecule has 4 aromatic carbocycles. The summed E-state index contributed by atoms with van der Waals surface area (Å²) >= 11 is 0. The number of para-hydroxylation sites is 4. The van der Waals surface area contributed by atoms with Gasteiger partial charge >= 0.3 is 26.4 Å². The summed E-state index contributed by atoms with van der Waals surface area (Å²) in [5.41, 5.74) is 3.21. The van der Waals surface area contributed by atoms with Crippen LogP contribution in [-0.4, -0.2) is 44.7 Å². The molecular weight excluding hydrogens is 628 g/mol. The maximum atomic E-state index is 9.75. The van der Waals surface area contributed by atoms with E-state index in [0.29, 0.717) is 11.9 Å². The summed E-state index contributed by atoms with van der Waals surface area (Å²) in [7, 11) is -12.0. The molecule has 6 rings (SSSR count). The number of rotatable bonds is 6. The van der Waals surface area contributed by atoms with Crippen LogP contribution in [0.2, 0.25) is 0 Å². The first-order chi connectivity index (χ1) is 21.8. The molecule has 0 aliphatic carbocycles. The molecule has 2 aromatic heterocycles. The van der Waals surface area contributed by atoms with E-state index in [0.717, 1.165) is 22.7 Å². The Morgan fingerprint density at radius 2 is 0.696 bits per heavy atom. The van der Waals surface area contributed by atoms with Gasteiger partial charge in [0.2, 0.25) is 0 Å². The number of benzene rings is 4. The van der Waals surface area contributed by atoms with Crippen LogP contribution in [0.3, 0.4) is 0 Å². The molecule has 0 bridgehead atoms. The SMILES string of the molecule is F[B-](F)(F)F.F[B-](F)(F)F.c1ccc(-n2n[n+](-c3ccccc3)c(/N=N/c3nn(-c4ccccc4)[15n][n+]3-c3ccccc3)[15n]2)cc1. The van der Waals surface area contributed by atoms with Gasteiger partial charge in [-0.25, -0.2) is 0 Å². The molecule has 0 atom stereocenters. The van der Waals surface area contributed by atoms with Gasteiger partial charge in [-0.15, -0.1) is 0 Å². The maximum Gasteiger partial charge on any atom is 0.673 e. The maximum absolute atomic E-state index is 9.75. The van der Waals surface area contributed by atoms with Crippen molar-refractivity contribution in [2.45, 2.75) is 0 Å². The topological polar surface area (TPSA) is 93.9 Å². The van der Waals surface area contributed by atoms with Crippen molar-refractivity contribution >= 4 is 26.4 Å². The Labute approximate surface area is 255 Å². The third-order valence-electron chi connectivity index (χ3n) is 5.30. The number of aromatic nitrogens is 8. The summed E-state index contributed by atoms with van der Waals surface area (Å²) in [5.74, 6) is 0.581. The zero-order valence-electron chi connectivity index (χ0n) is 23.2. The van der Waals surface area contributed by atoms with E-state index >= 15 is 0 Å². The first kappa shape index (κ1) is 33.1. The van der Waals surface area contributed by atoms with Crippen molar-refractivity contribution in [2.75, 3.05) is 0 Å². The van der Waals surface area contributed by atoms with Gasteiger partial charge in [-0.05, 0) is 58.1 Å². The van der Waals surface area contributed by atoms with Crippen LogP contribution in [0.25, 0.3) is 22.7 Å². The standard InChI is InChI=1S/C26H20N10.2BF4/c1-5-13-21(14-6-1)33-25(29-35(31-33)23-17-9-3-10-18-23)27-28-26-30-36(24-19-11-4-12-20-24)32-34(26)22-15-7-2-8-16-22;2*2-1(3,4)5/h1-20H;;/q+2;2*-1/b28-27+;;/i29+1,32+1;;. The Morgan fingerprint density at radius 3 is 0.978 bits per heavy atom. The van der Waals surface area contributed by atoms with Crippen molar-refractivity contribution < 1.29 is 43.9 Å². The molecule has 0 amide bonds. The van der Waals surface area contributed by atoms with Gasteiger partial charge in [0, 0.05) is 10.4 Å². The lowest BCUT2D eigenvalue weighted by atomic mass is 10.3. The van der Waals surface area contributed by atoms with E-state index in [4.69, 9.17) is 0 Å². The Bertz CT molecular complexity index is 1690. The molecule has 2 heterocycles. The minimum absolute atomic E-state index is 0.291. The fourth-order valence-electron chi connectivity index (χ4n) is 3.57. The van der Waals surface area contributed by atoms with Crippen LogP contribution in [0.1, 0.15) is 0 Å². The molecule has 0 aliphatic heterocycles. The largest absolute Gasteiger partial charge is 0.673 e.